The van der Waals surface area contributed by atoms with Gasteiger partial charge < -0.3 is 5.73 Å². The minimum atomic E-state index is -0.0294. The maximum atomic E-state index is 5.77. The third-order valence-corrected chi connectivity index (χ3v) is 2.72. The normalized spacial score (nSPS) is 15.8. The number of rotatable bonds is 3. The van der Waals surface area contributed by atoms with Gasteiger partial charge in [0.15, 0.2) is 0 Å². The Morgan fingerprint density at radius 1 is 1.54 bits per heavy atom. The monoisotopic (exact) mass is 181 g/mol. The Bertz CT molecular complexity index is 284. The molecule has 1 unspecified atom stereocenters. The summed E-state index contributed by atoms with van der Waals surface area (Å²) in [6, 6.07) is 2.09. The van der Waals surface area contributed by atoms with Crippen molar-refractivity contribution in [2.75, 3.05) is 6.54 Å². The van der Waals surface area contributed by atoms with Crippen LogP contribution in [0.15, 0.2) is 6.07 Å². The van der Waals surface area contributed by atoms with E-state index in [1.54, 1.807) is 0 Å². The zero-order valence-corrected chi connectivity index (χ0v) is 8.96. The van der Waals surface area contributed by atoms with Gasteiger partial charge in [0.1, 0.15) is 0 Å². The Balaban J connectivity index is 3.11. The molecule has 0 aliphatic rings. The van der Waals surface area contributed by atoms with Crippen LogP contribution in [0.5, 0.6) is 0 Å². The van der Waals surface area contributed by atoms with Gasteiger partial charge in [-0.15, -0.1) is 0 Å². The lowest BCUT2D eigenvalue weighted by atomic mass is 9.99. The molecular weight excluding hydrogens is 162 g/mol. The second kappa shape index (κ2) is 3.50. The first-order valence-corrected chi connectivity index (χ1v) is 4.77. The van der Waals surface area contributed by atoms with E-state index in [0.29, 0.717) is 6.54 Å². The summed E-state index contributed by atoms with van der Waals surface area (Å²) in [5.74, 6) is 0. The predicted octanol–water partition coefficient (Wildman–Crippen LogP) is 1.58. The lowest BCUT2D eigenvalue weighted by Crippen LogP contribution is -2.39. The molecule has 1 aromatic rings. The van der Waals surface area contributed by atoms with Gasteiger partial charge in [-0.2, -0.15) is 5.10 Å². The number of nitrogens with two attached hydrogens (primary N) is 1. The Morgan fingerprint density at radius 2 is 2.15 bits per heavy atom. The number of hydrogen-bond donors (Lipinski definition) is 1. The van der Waals surface area contributed by atoms with E-state index in [1.807, 2.05) is 11.6 Å². The summed E-state index contributed by atoms with van der Waals surface area (Å²) in [6.07, 6.45) is 1.01. The molecule has 0 saturated heterocycles. The van der Waals surface area contributed by atoms with E-state index < -0.39 is 0 Å². The van der Waals surface area contributed by atoms with Crippen LogP contribution in [-0.2, 0) is 5.54 Å². The van der Waals surface area contributed by atoms with Crippen LogP contribution in [0.2, 0.25) is 0 Å². The van der Waals surface area contributed by atoms with Crippen molar-refractivity contribution in [3.05, 3.63) is 17.5 Å². The molecule has 1 heterocycles. The molecule has 0 aliphatic carbocycles. The Kier molecular flexibility index (Phi) is 2.76. The van der Waals surface area contributed by atoms with Gasteiger partial charge in [0.2, 0.25) is 0 Å². The summed E-state index contributed by atoms with van der Waals surface area (Å²) in [5, 5.41) is 4.46. The van der Waals surface area contributed by atoms with E-state index in [-0.39, 0.29) is 5.54 Å². The van der Waals surface area contributed by atoms with Crippen LogP contribution < -0.4 is 5.73 Å². The first-order valence-electron chi connectivity index (χ1n) is 4.77. The van der Waals surface area contributed by atoms with Gasteiger partial charge in [0, 0.05) is 12.2 Å². The summed E-state index contributed by atoms with van der Waals surface area (Å²) < 4.78 is 2.04. The number of aromatic nitrogens is 2. The maximum Gasteiger partial charge on any atom is 0.0721 e. The quantitative estimate of drug-likeness (QED) is 0.769. The van der Waals surface area contributed by atoms with Gasteiger partial charge in [-0.25, -0.2) is 0 Å². The molecule has 2 N–H and O–H groups in total. The fraction of sp³-hybridized carbons (Fsp3) is 0.700. The largest absolute Gasteiger partial charge is 0.328 e. The van der Waals surface area contributed by atoms with Crippen molar-refractivity contribution in [1.82, 2.24) is 9.78 Å². The molecule has 0 saturated carbocycles. The molecule has 13 heavy (non-hydrogen) atoms. The summed E-state index contributed by atoms with van der Waals surface area (Å²) in [6.45, 7) is 9.00. The zero-order valence-electron chi connectivity index (χ0n) is 8.96. The molecule has 0 fully saturated rings. The second-order valence-corrected chi connectivity index (χ2v) is 3.89. The first-order chi connectivity index (χ1) is 6.03. The van der Waals surface area contributed by atoms with Crippen molar-refractivity contribution in [3.63, 3.8) is 0 Å². The van der Waals surface area contributed by atoms with E-state index in [9.17, 15) is 0 Å². The van der Waals surface area contributed by atoms with E-state index in [4.69, 9.17) is 5.73 Å². The summed E-state index contributed by atoms with van der Waals surface area (Å²) in [5.41, 5.74) is 7.99. The minimum absolute atomic E-state index is 0.0294. The minimum Gasteiger partial charge on any atom is -0.328 e. The van der Waals surface area contributed by atoms with Gasteiger partial charge >= 0.3 is 0 Å². The van der Waals surface area contributed by atoms with Crippen LogP contribution in [0.3, 0.4) is 0 Å². The molecule has 3 nitrogen and oxygen atoms in total. The highest BCUT2D eigenvalue weighted by atomic mass is 15.3. The van der Waals surface area contributed by atoms with Crippen molar-refractivity contribution >= 4 is 0 Å². The molecule has 74 valence electrons. The summed E-state index contributed by atoms with van der Waals surface area (Å²) in [7, 11) is 0. The number of aryl methyl sites for hydroxylation is 2. The second-order valence-electron chi connectivity index (χ2n) is 3.89. The summed E-state index contributed by atoms with van der Waals surface area (Å²) >= 11 is 0. The molecule has 0 aliphatic heterocycles. The molecule has 3 heteroatoms. The number of nitrogens with zero attached hydrogens (tertiary/aromatic N) is 2. The van der Waals surface area contributed by atoms with Gasteiger partial charge in [-0.1, -0.05) is 6.92 Å². The fourth-order valence-electron chi connectivity index (χ4n) is 1.56. The van der Waals surface area contributed by atoms with Gasteiger partial charge in [0.25, 0.3) is 0 Å². The summed E-state index contributed by atoms with van der Waals surface area (Å²) in [4.78, 5) is 0. The van der Waals surface area contributed by atoms with Crippen molar-refractivity contribution in [3.8, 4) is 0 Å². The van der Waals surface area contributed by atoms with Crippen molar-refractivity contribution < 1.29 is 0 Å². The topological polar surface area (TPSA) is 43.8 Å². The van der Waals surface area contributed by atoms with Crippen LogP contribution >= 0.6 is 0 Å². The highest BCUT2D eigenvalue weighted by Gasteiger charge is 2.24. The average Bonchev–Trinajstić information content (AvgIpc) is 2.44. The molecule has 0 bridgehead atoms. The van der Waals surface area contributed by atoms with Crippen molar-refractivity contribution in [1.29, 1.82) is 0 Å². The molecule has 0 spiro atoms. The molecule has 0 aromatic carbocycles. The highest BCUT2D eigenvalue weighted by Crippen LogP contribution is 2.20. The SMILES string of the molecule is CCC(C)(CN)n1nc(C)cc1C. The van der Waals surface area contributed by atoms with E-state index in [2.05, 4.69) is 31.9 Å². The average molecular weight is 181 g/mol. The molecular formula is C10H19N3. The molecule has 1 rings (SSSR count). The Labute approximate surface area is 79.9 Å². The highest BCUT2D eigenvalue weighted by molar-refractivity contribution is 5.09. The van der Waals surface area contributed by atoms with Crippen LogP contribution in [0.25, 0.3) is 0 Å². The van der Waals surface area contributed by atoms with E-state index in [0.717, 1.165) is 12.1 Å². The van der Waals surface area contributed by atoms with Gasteiger partial charge in [-0.3, -0.25) is 4.68 Å². The van der Waals surface area contributed by atoms with Crippen molar-refractivity contribution in [2.45, 2.75) is 39.7 Å². The smallest absolute Gasteiger partial charge is 0.0721 e. The van der Waals surface area contributed by atoms with Gasteiger partial charge in [0.05, 0.1) is 11.2 Å². The van der Waals surface area contributed by atoms with Gasteiger partial charge in [-0.05, 0) is 33.3 Å². The van der Waals surface area contributed by atoms with Crippen molar-refractivity contribution in [2.24, 2.45) is 5.73 Å². The molecule has 0 radical (unpaired) electrons. The fourth-order valence-corrected chi connectivity index (χ4v) is 1.56. The molecule has 1 atom stereocenters. The third kappa shape index (κ3) is 1.75. The van der Waals surface area contributed by atoms with Crippen LogP contribution in [0.1, 0.15) is 31.7 Å². The predicted molar refractivity (Wildman–Crippen MR) is 54.7 cm³/mol. The first kappa shape index (κ1) is 10.3. The lowest BCUT2D eigenvalue weighted by molar-refractivity contribution is 0.279. The van der Waals surface area contributed by atoms with E-state index >= 15 is 0 Å². The van der Waals surface area contributed by atoms with Crippen LogP contribution in [0.4, 0.5) is 0 Å². The molecule has 1 aromatic heterocycles. The Hall–Kier alpha value is -0.830. The van der Waals surface area contributed by atoms with E-state index in [1.165, 1.54) is 5.69 Å². The lowest BCUT2D eigenvalue weighted by Gasteiger charge is -2.28. The van der Waals surface area contributed by atoms with Crippen LogP contribution in [0, 0.1) is 13.8 Å². The molecule has 0 amide bonds. The third-order valence-electron chi connectivity index (χ3n) is 2.72. The number of hydrogen-bond acceptors (Lipinski definition) is 2. The zero-order chi connectivity index (χ0) is 10.1. The van der Waals surface area contributed by atoms with Crippen LogP contribution in [-0.4, -0.2) is 16.3 Å². The standard InChI is InChI=1S/C10H19N3/c1-5-10(4,7-11)13-9(3)6-8(2)12-13/h6H,5,7,11H2,1-4H3. The Morgan fingerprint density at radius 3 is 2.46 bits per heavy atom. The maximum absolute atomic E-state index is 5.77.